The quantitative estimate of drug-likeness (QED) is 0.311. The minimum atomic E-state index is -1.20. The molecule has 0 saturated carbocycles. The Hall–Kier alpha value is -1.01. The summed E-state index contributed by atoms with van der Waals surface area (Å²) in [5.74, 6) is -0.889. The maximum absolute atomic E-state index is 11.3. The topological polar surface area (TPSA) is 78.5 Å². The van der Waals surface area contributed by atoms with E-state index in [-0.39, 0.29) is 30.1 Å². The van der Waals surface area contributed by atoms with Crippen LogP contribution in [0.25, 0.3) is 0 Å². The highest BCUT2D eigenvalue weighted by Gasteiger charge is 2.17. The summed E-state index contributed by atoms with van der Waals surface area (Å²) in [7, 11) is 0. The standard InChI is InChI=1S/C11H19NO4S/c1-8(2)11(14)12-5-6-16-10(13)7-17(15)9(3)4/h9H,1,5-7H2,2-4H3,(H,12,14). The first-order chi connectivity index (χ1) is 7.84. The number of esters is 1. The van der Waals surface area contributed by atoms with Gasteiger partial charge < -0.3 is 14.6 Å². The smallest absolute Gasteiger partial charge is 0.356 e. The van der Waals surface area contributed by atoms with Crippen molar-refractivity contribution in [3.05, 3.63) is 12.2 Å². The summed E-state index contributed by atoms with van der Waals surface area (Å²) in [5, 5.41) is 2.46. The van der Waals surface area contributed by atoms with Gasteiger partial charge in [-0.2, -0.15) is 0 Å². The van der Waals surface area contributed by atoms with Crippen LogP contribution in [0.5, 0.6) is 0 Å². The third-order valence-corrected chi connectivity index (χ3v) is 3.40. The zero-order chi connectivity index (χ0) is 13.4. The van der Waals surface area contributed by atoms with E-state index in [1.54, 1.807) is 20.8 Å². The van der Waals surface area contributed by atoms with Crippen LogP contribution >= 0.6 is 0 Å². The van der Waals surface area contributed by atoms with Gasteiger partial charge in [0.05, 0.1) is 6.54 Å². The monoisotopic (exact) mass is 261 g/mol. The van der Waals surface area contributed by atoms with E-state index in [4.69, 9.17) is 4.74 Å². The number of hydrogen-bond acceptors (Lipinski definition) is 4. The molecule has 0 aliphatic carbocycles. The van der Waals surface area contributed by atoms with Crippen molar-refractivity contribution in [3.63, 3.8) is 0 Å². The Labute approximate surface area is 105 Å². The molecule has 0 heterocycles. The van der Waals surface area contributed by atoms with E-state index in [0.29, 0.717) is 5.57 Å². The normalized spacial score (nSPS) is 12.1. The highest BCUT2D eigenvalue weighted by Crippen LogP contribution is 2.01. The van der Waals surface area contributed by atoms with Gasteiger partial charge >= 0.3 is 5.97 Å². The van der Waals surface area contributed by atoms with E-state index in [1.807, 2.05) is 0 Å². The van der Waals surface area contributed by atoms with Gasteiger partial charge in [-0.15, -0.1) is 0 Å². The third kappa shape index (κ3) is 7.82. The molecular weight excluding hydrogens is 242 g/mol. The maximum atomic E-state index is 11.3. The summed E-state index contributed by atoms with van der Waals surface area (Å²) < 4.78 is 16.1. The predicted molar refractivity (Wildman–Crippen MR) is 66.9 cm³/mol. The molecule has 1 unspecified atom stereocenters. The number of carbonyl (C=O) groups excluding carboxylic acids is 2. The van der Waals surface area contributed by atoms with Crippen molar-refractivity contribution >= 4 is 23.1 Å². The molecule has 1 atom stereocenters. The zero-order valence-corrected chi connectivity index (χ0v) is 11.3. The maximum Gasteiger partial charge on any atom is 0.356 e. The van der Waals surface area contributed by atoms with Gasteiger partial charge in [0.15, 0.2) is 0 Å². The lowest BCUT2D eigenvalue weighted by atomic mass is 10.3. The minimum Gasteiger partial charge on any atom is -0.616 e. The predicted octanol–water partition coefficient (Wildman–Crippen LogP) is 0.379. The van der Waals surface area contributed by atoms with Gasteiger partial charge in [-0.3, -0.25) is 4.79 Å². The summed E-state index contributed by atoms with van der Waals surface area (Å²) in [5.41, 5.74) is 0.400. The Morgan fingerprint density at radius 2 is 2.06 bits per heavy atom. The van der Waals surface area contributed by atoms with Crippen LogP contribution in [0.2, 0.25) is 0 Å². The van der Waals surface area contributed by atoms with E-state index < -0.39 is 17.1 Å². The minimum absolute atomic E-state index is 0.0642. The van der Waals surface area contributed by atoms with Crippen molar-refractivity contribution in [2.45, 2.75) is 26.0 Å². The second kappa shape index (κ2) is 8.14. The SMILES string of the molecule is C=C(C)C(=O)NCCOC(=O)C[S+]([O-])C(C)C. The molecule has 1 N–H and O–H groups in total. The molecular formula is C11H19NO4S. The van der Waals surface area contributed by atoms with E-state index in [2.05, 4.69) is 11.9 Å². The lowest BCUT2D eigenvalue weighted by Gasteiger charge is -2.13. The van der Waals surface area contributed by atoms with E-state index in [0.717, 1.165) is 0 Å². The van der Waals surface area contributed by atoms with Gasteiger partial charge in [0.1, 0.15) is 11.9 Å². The van der Waals surface area contributed by atoms with E-state index >= 15 is 0 Å². The molecule has 17 heavy (non-hydrogen) atoms. The van der Waals surface area contributed by atoms with Crippen molar-refractivity contribution in [3.8, 4) is 0 Å². The first kappa shape index (κ1) is 16.0. The third-order valence-electron chi connectivity index (χ3n) is 1.82. The van der Waals surface area contributed by atoms with Gasteiger partial charge in [0.2, 0.25) is 11.7 Å². The number of amides is 1. The van der Waals surface area contributed by atoms with Crippen LogP contribution in [0.3, 0.4) is 0 Å². The molecule has 5 nitrogen and oxygen atoms in total. The van der Waals surface area contributed by atoms with E-state index in [9.17, 15) is 14.1 Å². The Balaban J connectivity index is 3.65. The first-order valence-electron chi connectivity index (χ1n) is 5.31. The van der Waals surface area contributed by atoms with Crippen molar-refractivity contribution in [2.75, 3.05) is 18.9 Å². The summed E-state index contributed by atoms with van der Waals surface area (Å²) in [4.78, 5) is 22.2. The van der Waals surface area contributed by atoms with Crippen LogP contribution in [-0.4, -0.2) is 40.6 Å². The molecule has 0 aromatic heterocycles. The lowest BCUT2D eigenvalue weighted by Crippen LogP contribution is -2.30. The average Bonchev–Trinajstić information content (AvgIpc) is 2.23. The van der Waals surface area contributed by atoms with Crippen molar-refractivity contribution in [1.29, 1.82) is 0 Å². The molecule has 0 aromatic rings. The molecule has 1 amide bonds. The molecule has 0 aliphatic rings. The number of hydrogen-bond donors (Lipinski definition) is 1. The Kier molecular flexibility index (Phi) is 7.65. The summed E-state index contributed by atoms with van der Waals surface area (Å²) >= 11 is -1.20. The zero-order valence-electron chi connectivity index (χ0n) is 10.4. The van der Waals surface area contributed by atoms with Crippen molar-refractivity contribution in [1.82, 2.24) is 5.32 Å². The molecule has 0 aromatic carbocycles. The highest BCUT2D eigenvalue weighted by atomic mass is 32.2. The van der Waals surface area contributed by atoms with Crippen LogP contribution in [0, 0.1) is 0 Å². The molecule has 0 spiro atoms. The Bertz CT molecular complexity index is 291. The van der Waals surface area contributed by atoms with Crippen LogP contribution in [0.1, 0.15) is 20.8 Å². The number of carbonyl (C=O) groups is 2. The number of rotatable bonds is 7. The molecule has 0 radical (unpaired) electrons. The van der Waals surface area contributed by atoms with Gasteiger partial charge in [-0.25, -0.2) is 4.79 Å². The molecule has 98 valence electrons. The highest BCUT2D eigenvalue weighted by molar-refractivity contribution is 7.92. The van der Waals surface area contributed by atoms with Crippen LogP contribution in [-0.2, 0) is 25.5 Å². The van der Waals surface area contributed by atoms with Gasteiger partial charge in [0, 0.05) is 5.57 Å². The van der Waals surface area contributed by atoms with E-state index in [1.165, 1.54) is 0 Å². The Morgan fingerprint density at radius 1 is 1.47 bits per heavy atom. The van der Waals surface area contributed by atoms with Crippen LogP contribution in [0.15, 0.2) is 12.2 Å². The average molecular weight is 261 g/mol. The fourth-order valence-electron chi connectivity index (χ4n) is 0.805. The summed E-state index contributed by atoms with van der Waals surface area (Å²) in [6.45, 7) is 8.91. The Morgan fingerprint density at radius 3 is 2.53 bits per heavy atom. The van der Waals surface area contributed by atoms with Crippen molar-refractivity contribution in [2.24, 2.45) is 0 Å². The molecule has 6 heteroatoms. The number of ether oxygens (including phenoxy) is 1. The second-order valence-corrected chi connectivity index (χ2v) is 5.82. The van der Waals surface area contributed by atoms with Gasteiger partial charge in [0.25, 0.3) is 0 Å². The van der Waals surface area contributed by atoms with Crippen molar-refractivity contribution < 1.29 is 18.9 Å². The summed E-state index contributed by atoms with van der Waals surface area (Å²) in [6.07, 6.45) is 0. The molecule has 0 fully saturated rings. The molecule has 0 saturated heterocycles. The molecule has 0 bridgehead atoms. The summed E-state index contributed by atoms with van der Waals surface area (Å²) in [6, 6.07) is 0. The molecule has 0 rings (SSSR count). The van der Waals surface area contributed by atoms with Gasteiger partial charge in [-0.1, -0.05) is 6.58 Å². The van der Waals surface area contributed by atoms with Crippen LogP contribution in [0.4, 0.5) is 0 Å². The van der Waals surface area contributed by atoms with Crippen LogP contribution < -0.4 is 5.32 Å². The second-order valence-electron chi connectivity index (χ2n) is 3.83. The first-order valence-corrected chi connectivity index (χ1v) is 6.69. The fraction of sp³-hybridized carbons (Fsp3) is 0.636. The number of nitrogens with one attached hydrogen (secondary N) is 1. The molecule has 0 aliphatic heterocycles. The lowest BCUT2D eigenvalue weighted by molar-refractivity contribution is -0.140. The largest absolute Gasteiger partial charge is 0.616 e. The van der Waals surface area contributed by atoms with Gasteiger partial charge in [-0.05, 0) is 31.9 Å². The fourth-order valence-corrected chi connectivity index (χ4v) is 1.45.